The standard InChI is InChI=1S/C19H22F3NO7/c1-10(14(16(25)28-2)17(26)29-3)15(18(27)30-4)23-13(24)9-11-5-7-12(8-6-11)19(20,21)22/h5-8,10,14-15H,9H2,1-4H3,(H,23,24)/t10-,15-/m0/s1. The highest BCUT2D eigenvalue weighted by Crippen LogP contribution is 2.29. The highest BCUT2D eigenvalue weighted by Gasteiger charge is 2.42. The lowest BCUT2D eigenvalue weighted by atomic mass is 9.87. The average Bonchev–Trinajstić information content (AvgIpc) is 2.70. The number of hydrogen-bond acceptors (Lipinski definition) is 7. The molecule has 1 aromatic rings. The van der Waals surface area contributed by atoms with Crippen LogP contribution in [0.15, 0.2) is 24.3 Å². The van der Waals surface area contributed by atoms with Crippen molar-refractivity contribution in [1.29, 1.82) is 0 Å². The van der Waals surface area contributed by atoms with Crippen LogP contribution in [0.2, 0.25) is 0 Å². The van der Waals surface area contributed by atoms with Crippen LogP contribution in [0.4, 0.5) is 13.2 Å². The van der Waals surface area contributed by atoms with Gasteiger partial charge in [0.1, 0.15) is 6.04 Å². The minimum absolute atomic E-state index is 0.259. The van der Waals surface area contributed by atoms with Crippen molar-refractivity contribution in [3.05, 3.63) is 35.4 Å². The third-order valence-corrected chi connectivity index (χ3v) is 4.38. The fraction of sp³-hybridized carbons (Fsp3) is 0.474. The molecule has 0 saturated carbocycles. The van der Waals surface area contributed by atoms with Gasteiger partial charge in [0.25, 0.3) is 0 Å². The van der Waals surface area contributed by atoms with Crippen LogP contribution in [0.3, 0.4) is 0 Å². The number of hydrogen-bond donors (Lipinski definition) is 1. The quantitative estimate of drug-likeness (QED) is 0.376. The van der Waals surface area contributed by atoms with Crippen LogP contribution in [-0.4, -0.2) is 51.2 Å². The zero-order valence-electron chi connectivity index (χ0n) is 16.7. The molecule has 0 bridgehead atoms. The second-order valence-electron chi connectivity index (χ2n) is 6.32. The van der Waals surface area contributed by atoms with Gasteiger partial charge in [0.2, 0.25) is 5.91 Å². The number of rotatable bonds is 8. The van der Waals surface area contributed by atoms with Crippen LogP contribution in [0.5, 0.6) is 0 Å². The predicted octanol–water partition coefficient (Wildman–Crippen LogP) is 1.50. The molecule has 1 aromatic carbocycles. The molecule has 1 rings (SSSR count). The molecule has 0 aliphatic rings. The van der Waals surface area contributed by atoms with Gasteiger partial charge in [-0.2, -0.15) is 13.2 Å². The van der Waals surface area contributed by atoms with Gasteiger partial charge >= 0.3 is 24.1 Å². The predicted molar refractivity (Wildman–Crippen MR) is 95.8 cm³/mol. The SMILES string of the molecule is COC(=O)C(C(=O)OC)[C@H](C)[C@H](NC(=O)Cc1ccc(C(F)(F)F)cc1)C(=O)OC. The van der Waals surface area contributed by atoms with Crippen LogP contribution in [0, 0.1) is 11.8 Å². The Kier molecular flexibility index (Phi) is 8.81. The molecule has 0 saturated heterocycles. The first-order valence-corrected chi connectivity index (χ1v) is 8.65. The highest BCUT2D eigenvalue weighted by molar-refractivity contribution is 5.96. The van der Waals surface area contributed by atoms with Gasteiger partial charge in [-0.25, -0.2) is 4.79 Å². The van der Waals surface area contributed by atoms with Crippen LogP contribution < -0.4 is 5.32 Å². The molecule has 0 radical (unpaired) electrons. The molecule has 0 aromatic heterocycles. The summed E-state index contributed by atoms with van der Waals surface area (Å²) in [7, 11) is 3.14. The summed E-state index contributed by atoms with van der Waals surface area (Å²) in [5.41, 5.74) is -0.610. The maximum atomic E-state index is 12.6. The lowest BCUT2D eigenvalue weighted by Gasteiger charge is -2.27. The Hall–Kier alpha value is -3.11. The van der Waals surface area contributed by atoms with Crippen molar-refractivity contribution < 1.29 is 46.6 Å². The van der Waals surface area contributed by atoms with E-state index in [0.717, 1.165) is 45.6 Å². The van der Waals surface area contributed by atoms with Gasteiger partial charge in [-0.15, -0.1) is 0 Å². The zero-order valence-corrected chi connectivity index (χ0v) is 16.7. The van der Waals surface area contributed by atoms with E-state index >= 15 is 0 Å². The maximum absolute atomic E-state index is 12.6. The molecule has 30 heavy (non-hydrogen) atoms. The molecule has 0 aliphatic carbocycles. The summed E-state index contributed by atoms with van der Waals surface area (Å²) >= 11 is 0. The molecular weight excluding hydrogens is 411 g/mol. The van der Waals surface area contributed by atoms with Gasteiger partial charge < -0.3 is 19.5 Å². The first-order valence-electron chi connectivity index (χ1n) is 8.65. The first-order chi connectivity index (χ1) is 14.0. The van der Waals surface area contributed by atoms with Crippen molar-refractivity contribution >= 4 is 23.8 Å². The van der Waals surface area contributed by atoms with Gasteiger partial charge in [0.15, 0.2) is 5.92 Å². The number of alkyl halides is 3. The molecule has 0 aliphatic heterocycles. The van der Waals surface area contributed by atoms with E-state index in [0.29, 0.717) is 0 Å². The molecular formula is C19H22F3NO7. The fourth-order valence-corrected chi connectivity index (χ4v) is 2.73. The van der Waals surface area contributed by atoms with E-state index in [9.17, 15) is 32.3 Å². The summed E-state index contributed by atoms with van der Waals surface area (Å²) in [4.78, 5) is 48.5. The minimum atomic E-state index is -4.51. The van der Waals surface area contributed by atoms with Crippen molar-refractivity contribution in [2.75, 3.05) is 21.3 Å². The highest BCUT2D eigenvalue weighted by atomic mass is 19.4. The Balaban J connectivity index is 3.01. The van der Waals surface area contributed by atoms with E-state index in [2.05, 4.69) is 19.5 Å². The van der Waals surface area contributed by atoms with Gasteiger partial charge in [-0.1, -0.05) is 19.1 Å². The van der Waals surface area contributed by atoms with E-state index in [1.807, 2.05) is 0 Å². The molecule has 166 valence electrons. The number of esters is 3. The van der Waals surface area contributed by atoms with Gasteiger partial charge in [-0.3, -0.25) is 14.4 Å². The van der Waals surface area contributed by atoms with Crippen LogP contribution in [-0.2, 0) is 46.0 Å². The van der Waals surface area contributed by atoms with E-state index < -0.39 is 53.4 Å². The number of methoxy groups -OCH3 is 3. The Bertz CT molecular complexity index is 761. The summed E-state index contributed by atoms with van der Waals surface area (Å²) in [5, 5.41) is 2.35. The Morgan fingerprint density at radius 1 is 0.900 bits per heavy atom. The first kappa shape index (κ1) is 24.9. The van der Waals surface area contributed by atoms with Crippen LogP contribution >= 0.6 is 0 Å². The van der Waals surface area contributed by atoms with Crippen molar-refractivity contribution in [2.45, 2.75) is 25.6 Å². The normalized spacial score (nSPS) is 13.2. The molecule has 0 heterocycles. The second kappa shape index (κ2) is 10.6. The van der Waals surface area contributed by atoms with Gasteiger partial charge in [0.05, 0.1) is 33.3 Å². The van der Waals surface area contributed by atoms with Gasteiger partial charge in [-0.05, 0) is 17.7 Å². The minimum Gasteiger partial charge on any atom is -0.468 e. The maximum Gasteiger partial charge on any atom is 0.416 e. The molecule has 11 heteroatoms. The van der Waals surface area contributed by atoms with E-state index in [1.165, 1.54) is 6.92 Å². The van der Waals surface area contributed by atoms with Gasteiger partial charge in [0, 0.05) is 5.92 Å². The number of nitrogens with one attached hydrogen (secondary N) is 1. The number of ether oxygens (including phenoxy) is 3. The zero-order chi connectivity index (χ0) is 23.1. The van der Waals surface area contributed by atoms with Crippen LogP contribution in [0.25, 0.3) is 0 Å². The molecule has 8 nitrogen and oxygen atoms in total. The summed E-state index contributed by atoms with van der Waals surface area (Å²) in [5.74, 6) is -6.23. The Morgan fingerprint density at radius 3 is 1.77 bits per heavy atom. The number of carbonyl (C=O) groups is 4. The Labute approximate surface area is 170 Å². The number of carbonyl (C=O) groups excluding carboxylic acids is 4. The number of halogens is 3. The van der Waals surface area contributed by atoms with Crippen molar-refractivity contribution in [1.82, 2.24) is 5.32 Å². The average molecular weight is 433 g/mol. The summed E-state index contributed by atoms with van der Waals surface area (Å²) in [6.07, 6.45) is -4.86. The van der Waals surface area contributed by atoms with E-state index in [1.54, 1.807) is 0 Å². The van der Waals surface area contributed by atoms with Crippen molar-refractivity contribution in [3.8, 4) is 0 Å². The monoisotopic (exact) mass is 433 g/mol. The summed E-state index contributed by atoms with van der Waals surface area (Å²) < 4.78 is 51.6. The largest absolute Gasteiger partial charge is 0.468 e. The fourth-order valence-electron chi connectivity index (χ4n) is 2.73. The van der Waals surface area contributed by atoms with E-state index in [-0.39, 0.29) is 12.0 Å². The summed E-state index contributed by atoms with van der Waals surface area (Å²) in [6.45, 7) is 1.35. The molecule has 0 fully saturated rings. The lowest BCUT2D eigenvalue weighted by Crippen LogP contribution is -2.51. The van der Waals surface area contributed by atoms with Crippen LogP contribution in [0.1, 0.15) is 18.1 Å². The smallest absolute Gasteiger partial charge is 0.416 e. The molecule has 1 N–H and O–H groups in total. The topological polar surface area (TPSA) is 108 Å². The third kappa shape index (κ3) is 6.46. The van der Waals surface area contributed by atoms with Crippen molar-refractivity contribution in [3.63, 3.8) is 0 Å². The van der Waals surface area contributed by atoms with E-state index in [4.69, 9.17) is 0 Å². The third-order valence-electron chi connectivity index (χ3n) is 4.38. The number of benzene rings is 1. The number of amides is 1. The lowest BCUT2D eigenvalue weighted by molar-refractivity contribution is -0.163. The second-order valence-corrected chi connectivity index (χ2v) is 6.32. The molecule has 0 spiro atoms. The van der Waals surface area contributed by atoms with Crippen molar-refractivity contribution in [2.24, 2.45) is 11.8 Å². The molecule has 1 amide bonds. The molecule has 0 unspecified atom stereocenters. The molecule has 2 atom stereocenters. The summed E-state index contributed by atoms with van der Waals surface area (Å²) in [6, 6.07) is 2.50. The Morgan fingerprint density at radius 2 is 1.37 bits per heavy atom.